The van der Waals surface area contributed by atoms with E-state index in [9.17, 15) is 5.11 Å². The van der Waals surface area contributed by atoms with E-state index in [2.05, 4.69) is 24.2 Å². The van der Waals surface area contributed by atoms with E-state index in [1.807, 2.05) is 0 Å². The van der Waals surface area contributed by atoms with E-state index >= 15 is 0 Å². The number of aliphatic hydroxyl groups excluding tert-OH is 1. The average Bonchev–Trinajstić information content (AvgIpc) is 2.81. The van der Waals surface area contributed by atoms with Crippen molar-refractivity contribution >= 4 is 0 Å². The Morgan fingerprint density at radius 3 is 2.83 bits per heavy atom. The van der Waals surface area contributed by atoms with Gasteiger partial charge in [0.25, 0.3) is 0 Å². The molecule has 4 atom stereocenters. The van der Waals surface area contributed by atoms with Gasteiger partial charge in [-0.15, -0.1) is 0 Å². The van der Waals surface area contributed by atoms with Crippen molar-refractivity contribution in [2.45, 2.75) is 56.7 Å². The van der Waals surface area contributed by atoms with Gasteiger partial charge in [0.2, 0.25) is 0 Å². The van der Waals surface area contributed by atoms with Crippen LogP contribution in [0.4, 0.5) is 0 Å². The van der Waals surface area contributed by atoms with E-state index in [1.54, 1.807) is 0 Å². The first-order valence-corrected chi connectivity index (χ1v) is 7.39. The first-order valence-electron chi connectivity index (χ1n) is 7.39. The van der Waals surface area contributed by atoms with Crippen LogP contribution in [0.2, 0.25) is 0 Å². The standard InChI is InChI=1S/C14H29N3O/c1-11-8-14(10-15,6-7-17(11)2)16-13-5-3-4-12(13)9-18/h11-13,16,18H,3-10,15H2,1-2H3. The van der Waals surface area contributed by atoms with Gasteiger partial charge in [-0.3, -0.25) is 0 Å². The number of nitrogens with zero attached hydrogens (tertiary/aromatic N) is 1. The first-order chi connectivity index (χ1) is 8.60. The van der Waals surface area contributed by atoms with Crippen LogP contribution in [0.5, 0.6) is 0 Å². The van der Waals surface area contributed by atoms with Gasteiger partial charge < -0.3 is 21.1 Å². The van der Waals surface area contributed by atoms with Crippen molar-refractivity contribution in [3.8, 4) is 0 Å². The van der Waals surface area contributed by atoms with Crippen LogP contribution < -0.4 is 11.1 Å². The highest BCUT2D eigenvalue weighted by atomic mass is 16.3. The topological polar surface area (TPSA) is 61.5 Å². The fourth-order valence-corrected chi connectivity index (χ4v) is 3.65. The highest BCUT2D eigenvalue weighted by Crippen LogP contribution is 2.31. The van der Waals surface area contributed by atoms with Gasteiger partial charge in [0.15, 0.2) is 0 Å². The van der Waals surface area contributed by atoms with E-state index < -0.39 is 0 Å². The fraction of sp³-hybridized carbons (Fsp3) is 1.00. The minimum atomic E-state index is 0.0916. The number of rotatable bonds is 4. The zero-order chi connectivity index (χ0) is 13.2. The van der Waals surface area contributed by atoms with Crippen molar-refractivity contribution in [3.05, 3.63) is 0 Å². The third-order valence-corrected chi connectivity index (χ3v) is 5.16. The van der Waals surface area contributed by atoms with E-state index in [0.29, 0.717) is 31.2 Å². The van der Waals surface area contributed by atoms with E-state index in [-0.39, 0.29) is 5.54 Å². The summed E-state index contributed by atoms with van der Waals surface area (Å²) in [6.07, 6.45) is 5.83. The van der Waals surface area contributed by atoms with E-state index in [4.69, 9.17) is 5.73 Å². The van der Waals surface area contributed by atoms with Crippen LogP contribution in [0.15, 0.2) is 0 Å². The van der Waals surface area contributed by atoms with Crippen molar-refractivity contribution in [2.24, 2.45) is 11.7 Å². The molecular formula is C14H29N3O. The van der Waals surface area contributed by atoms with Gasteiger partial charge in [-0.25, -0.2) is 0 Å². The Bertz CT molecular complexity index is 274. The molecule has 0 aromatic rings. The van der Waals surface area contributed by atoms with Crippen LogP contribution in [0, 0.1) is 5.92 Å². The van der Waals surface area contributed by atoms with Gasteiger partial charge in [-0.2, -0.15) is 0 Å². The summed E-state index contributed by atoms with van der Waals surface area (Å²) in [7, 11) is 2.19. The van der Waals surface area contributed by atoms with Crippen LogP contribution in [0.25, 0.3) is 0 Å². The maximum Gasteiger partial charge on any atom is 0.0474 e. The molecule has 0 aromatic carbocycles. The number of hydrogen-bond acceptors (Lipinski definition) is 4. The predicted octanol–water partition coefficient (Wildman–Crippen LogP) is 0.549. The average molecular weight is 255 g/mol. The maximum absolute atomic E-state index is 9.44. The molecule has 1 saturated carbocycles. The quantitative estimate of drug-likeness (QED) is 0.686. The summed E-state index contributed by atoms with van der Waals surface area (Å²) in [5.41, 5.74) is 6.16. The lowest BCUT2D eigenvalue weighted by Crippen LogP contribution is -2.62. The molecular weight excluding hydrogens is 226 g/mol. The highest BCUT2D eigenvalue weighted by molar-refractivity contribution is 5.00. The van der Waals surface area contributed by atoms with Crippen LogP contribution in [-0.2, 0) is 0 Å². The summed E-state index contributed by atoms with van der Waals surface area (Å²) in [5.74, 6) is 0.434. The van der Waals surface area contributed by atoms with Gasteiger partial charge in [0.05, 0.1) is 0 Å². The Balaban J connectivity index is 2.00. The molecule has 4 N–H and O–H groups in total. The Labute approximate surface area is 111 Å². The van der Waals surface area contributed by atoms with Crippen LogP contribution in [0.1, 0.15) is 39.0 Å². The summed E-state index contributed by atoms with van der Waals surface area (Å²) in [6.45, 7) is 4.42. The number of aliphatic hydroxyl groups is 1. The molecule has 1 aliphatic carbocycles. The molecule has 2 rings (SSSR count). The molecule has 0 amide bonds. The van der Waals surface area contributed by atoms with Crippen molar-refractivity contribution in [3.63, 3.8) is 0 Å². The number of piperidine rings is 1. The summed E-state index contributed by atoms with van der Waals surface area (Å²) in [6, 6.07) is 1.05. The van der Waals surface area contributed by atoms with Crippen molar-refractivity contribution < 1.29 is 5.11 Å². The lowest BCUT2D eigenvalue weighted by molar-refractivity contribution is 0.0904. The van der Waals surface area contributed by atoms with Gasteiger partial charge in [0.1, 0.15) is 0 Å². The monoisotopic (exact) mass is 255 g/mol. The lowest BCUT2D eigenvalue weighted by Gasteiger charge is -2.46. The van der Waals surface area contributed by atoms with Gasteiger partial charge in [-0.1, -0.05) is 6.42 Å². The minimum absolute atomic E-state index is 0.0916. The van der Waals surface area contributed by atoms with Crippen LogP contribution >= 0.6 is 0 Å². The molecule has 0 radical (unpaired) electrons. The molecule has 4 heteroatoms. The molecule has 0 bridgehead atoms. The summed E-state index contributed by atoms with van der Waals surface area (Å²) in [4.78, 5) is 2.41. The third-order valence-electron chi connectivity index (χ3n) is 5.16. The van der Waals surface area contributed by atoms with E-state index in [0.717, 1.165) is 25.8 Å². The summed E-state index contributed by atoms with van der Waals surface area (Å²) in [5, 5.41) is 13.3. The summed E-state index contributed by atoms with van der Waals surface area (Å²) < 4.78 is 0. The molecule has 0 spiro atoms. The second-order valence-electron chi connectivity index (χ2n) is 6.39. The molecule has 4 unspecified atom stereocenters. The van der Waals surface area contributed by atoms with Crippen LogP contribution in [-0.4, -0.2) is 54.4 Å². The number of nitrogens with two attached hydrogens (primary N) is 1. The molecule has 1 aliphatic heterocycles. The molecule has 2 aliphatic rings. The Hall–Kier alpha value is -0.160. The van der Waals surface area contributed by atoms with Crippen molar-refractivity contribution in [1.29, 1.82) is 0 Å². The minimum Gasteiger partial charge on any atom is -0.396 e. The summed E-state index contributed by atoms with van der Waals surface area (Å²) >= 11 is 0. The SMILES string of the molecule is CC1CC(CN)(NC2CCCC2CO)CCN1C. The largest absolute Gasteiger partial charge is 0.396 e. The second-order valence-corrected chi connectivity index (χ2v) is 6.39. The van der Waals surface area contributed by atoms with Crippen LogP contribution in [0.3, 0.4) is 0 Å². The van der Waals surface area contributed by atoms with E-state index in [1.165, 1.54) is 12.8 Å². The van der Waals surface area contributed by atoms with Gasteiger partial charge in [-0.05, 0) is 52.1 Å². The number of hydrogen-bond donors (Lipinski definition) is 3. The third kappa shape index (κ3) is 2.87. The van der Waals surface area contributed by atoms with Gasteiger partial charge >= 0.3 is 0 Å². The Kier molecular flexibility index (Phi) is 4.64. The highest BCUT2D eigenvalue weighted by Gasteiger charge is 2.39. The molecule has 4 nitrogen and oxygen atoms in total. The predicted molar refractivity (Wildman–Crippen MR) is 74.5 cm³/mol. The molecule has 106 valence electrons. The second kappa shape index (κ2) is 5.87. The Morgan fingerprint density at radius 2 is 2.22 bits per heavy atom. The molecule has 1 heterocycles. The number of nitrogens with one attached hydrogen (secondary N) is 1. The lowest BCUT2D eigenvalue weighted by atomic mass is 9.82. The zero-order valence-corrected chi connectivity index (χ0v) is 11.9. The Morgan fingerprint density at radius 1 is 1.44 bits per heavy atom. The molecule has 1 saturated heterocycles. The normalized spacial score (nSPS) is 42.3. The van der Waals surface area contributed by atoms with Gasteiger partial charge in [0, 0.05) is 30.8 Å². The van der Waals surface area contributed by atoms with Crippen molar-refractivity contribution in [1.82, 2.24) is 10.2 Å². The molecule has 0 aromatic heterocycles. The smallest absolute Gasteiger partial charge is 0.0474 e. The number of likely N-dealkylation sites (tertiary alicyclic amines) is 1. The first kappa shape index (κ1) is 14.3. The molecule has 2 fully saturated rings. The fourth-order valence-electron chi connectivity index (χ4n) is 3.65. The zero-order valence-electron chi connectivity index (χ0n) is 11.9. The maximum atomic E-state index is 9.44. The molecule has 18 heavy (non-hydrogen) atoms. The van der Waals surface area contributed by atoms with Crippen molar-refractivity contribution in [2.75, 3.05) is 26.7 Å².